The van der Waals surface area contributed by atoms with Crippen molar-refractivity contribution >= 4 is 11.6 Å². The molecule has 0 saturated carbocycles. The molecule has 21 heavy (non-hydrogen) atoms. The topological polar surface area (TPSA) is 118 Å². The van der Waals surface area contributed by atoms with Gasteiger partial charge >= 0.3 is 0 Å². The molecule has 0 bridgehead atoms. The molecule has 1 aromatic carbocycles. The van der Waals surface area contributed by atoms with E-state index < -0.39 is 5.91 Å². The molecule has 0 aliphatic heterocycles. The molecule has 0 spiro atoms. The Morgan fingerprint density at radius 3 is 2.62 bits per heavy atom. The third-order valence-corrected chi connectivity index (χ3v) is 2.69. The van der Waals surface area contributed by atoms with Gasteiger partial charge in [-0.25, -0.2) is 4.98 Å². The molecule has 0 saturated heterocycles. The lowest BCUT2D eigenvalue weighted by molar-refractivity contribution is -0.116. The van der Waals surface area contributed by atoms with E-state index in [1.165, 1.54) is 10.9 Å². The van der Waals surface area contributed by atoms with Crippen LogP contribution in [0.3, 0.4) is 0 Å². The third-order valence-electron chi connectivity index (χ3n) is 2.69. The fourth-order valence-electron chi connectivity index (χ4n) is 1.74. The van der Waals surface area contributed by atoms with Gasteiger partial charge in [0.1, 0.15) is 24.8 Å². The van der Waals surface area contributed by atoms with Gasteiger partial charge in [0.05, 0.1) is 17.6 Å². The van der Waals surface area contributed by atoms with Crippen LogP contribution in [0, 0.1) is 34.0 Å². The van der Waals surface area contributed by atoms with Crippen LogP contribution in [0.2, 0.25) is 0 Å². The largest absolute Gasteiger partial charge is 0.323 e. The van der Waals surface area contributed by atoms with Gasteiger partial charge in [-0.3, -0.25) is 4.79 Å². The maximum atomic E-state index is 12.0. The second-order valence-corrected chi connectivity index (χ2v) is 4.00. The van der Waals surface area contributed by atoms with Crippen molar-refractivity contribution < 1.29 is 4.79 Å². The highest BCUT2D eigenvalue weighted by molar-refractivity contribution is 5.92. The van der Waals surface area contributed by atoms with Crippen LogP contribution in [-0.2, 0) is 11.3 Å². The SMILES string of the molecule is N#Cc1ccccc1NC(=O)Cn1cnc(C#N)c1C#N. The van der Waals surface area contributed by atoms with E-state index in [1.807, 2.05) is 12.1 Å². The van der Waals surface area contributed by atoms with E-state index in [0.717, 1.165) is 0 Å². The first-order valence-electron chi connectivity index (χ1n) is 5.84. The predicted octanol–water partition coefficient (Wildman–Crippen LogP) is 1.14. The molecular formula is C14H8N6O. The number of para-hydroxylation sites is 1. The molecule has 7 nitrogen and oxygen atoms in total. The molecule has 1 aromatic heterocycles. The quantitative estimate of drug-likeness (QED) is 0.901. The van der Waals surface area contributed by atoms with Crippen LogP contribution >= 0.6 is 0 Å². The number of amides is 1. The number of nitrogens with one attached hydrogen (secondary N) is 1. The summed E-state index contributed by atoms with van der Waals surface area (Å²) in [6.07, 6.45) is 1.26. The molecule has 0 fully saturated rings. The highest BCUT2D eigenvalue weighted by Gasteiger charge is 2.13. The molecule has 0 aliphatic carbocycles. The van der Waals surface area contributed by atoms with Crippen molar-refractivity contribution in [1.82, 2.24) is 9.55 Å². The molecule has 2 aromatic rings. The number of rotatable bonds is 3. The molecule has 7 heteroatoms. The number of nitrogens with zero attached hydrogens (tertiary/aromatic N) is 5. The van der Waals surface area contributed by atoms with E-state index in [4.69, 9.17) is 15.8 Å². The Kier molecular flexibility index (Phi) is 3.95. The van der Waals surface area contributed by atoms with E-state index in [-0.39, 0.29) is 17.9 Å². The van der Waals surface area contributed by atoms with Crippen molar-refractivity contribution in [3.05, 3.63) is 47.5 Å². The summed E-state index contributed by atoms with van der Waals surface area (Å²) in [5, 5.41) is 29.3. The number of imidazole rings is 1. The van der Waals surface area contributed by atoms with Crippen LogP contribution in [-0.4, -0.2) is 15.5 Å². The lowest BCUT2D eigenvalue weighted by atomic mass is 10.2. The smallest absolute Gasteiger partial charge is 0.244 e. The summed E-state index contributed by atoms with van der Waals surface area (Å²) in [6, 6.07) is 12.2. The fourth-order valence-corrected chi connectivity index (χ4v) is 1.74. The van der Waals surface area contributed by atoms with Gasteiger partial charge in [-0.15, -0.1) is 0 Å². The zero-order valence-corrected chi connectivity index (χ0v) is 10.7. The number of aromatic nitrogens is 2. The minimum absolute atomic E-state index is 0.0253. The van der Waals surface area contributed by atoms with E-state index in [1.54, 1.807) is 30.3 Å². The zero-order chi connectivity index (χ0) is 15.2. The van der Waals surface area contributed by atoms with Crippen molar-refractivity contribution in [2.24, 2.45) is 0 Å². The van der Waals surface area contributed by atoms with Crippen molar-refractivity contribution in [3.63, 3.8) is 0 Å². The molecule has 0 radical (unpaired) electrons. The molecule has 100 valence electrons. The molecule has 1 amide bonds. The summed E-state index contributed by atoms with van der Waals surface area (Å²) < 4.78 is 1.28. The summed E-state index contributed by atoms with van der Waals surface area (Å²) in [5.41, 5.74) is 0.739. The first-order chi connectivity index (χ1) is 10.2. The molecule has 0 unspecified atom stereocenters. The van der Waals surface area contributed by atoms with Crippen LogP contribution in [0.1, 0.15) is 17.0 Å². The summed E-state index contributed by atoms with van der Waals surface area (Å²) in [6.45, 7) is -0.169. The second kappa shape index (κ2) is 6.01. The van der Waals surface area contributed by atoms with Gasteiger partial charge < -0.3 is 9.88 Å². The number of nitriles is 3. The third kappa shape index (κ3) is 2.86. The average Bonchev–Trinajstić information content (AvgIpc) is 2.89. The average molecular weight is 276 g/mol. The van der Waals surface area contributed by atoms with E-state index >= 15 is 0 Å². The Balaban J connectivity index is 2.17. The predicted molar refractivity (Wildman–Crippen MR) is 71.4 cm³/mol. The number of hydrogen-bond donors (Lipinski definition) is 1. The van der Waals surface area contributed by atoms with Crippen LogP contribution < -0.4 is 5.32 Å². The van der Waals surface area contributed by atoms with Crippen molar-refractivity contribution in [2.75, 3.05) is 5.32 Å². The molecule has 2 rings (SSSR count). The van der Waals surface area contributed by atoms with Crippen molar-refractivity contribution in [3.8, 4) is 18.2 Å². The maximum Gasteiger partial charge on any atom is 0.244 e. The Morgan fingerprint density at radius 1 is 1.19 bits per heavy atom. The van der Waals surface area contributed by atoms with E-state index in [9.17, 15) is 4.79 Å². The lowest BCUT2D eigenvalue weighted by Crippen LogP contribution is -2.19. The van der Waals surface area contributed by atoms with Crippen molar-refractivity contribution in [1.29, 1.82) is 15.8 Å². The second-order valence-electron chi connectivity index (χ2n) is 4.00. The van der Waals surface area contributed by atoms with Crippen LogP contribution in [0.4, 0.5) is 5.69 Å². The first kappa shape index (κ1) is 13.8. The minimum Gasteiger partial charge on any atom is -0.323 e. The maximum absolute atomic E-state index is 12.0. The Labute approximate surface area is 120 Å². The first-order valence-corrected chi connectivity index (χ1v) is 5.84. The number of hydrogen-bond acceptors (Lipinski definition) is 5. The van der Waals surface area contributed by atoms with Gasteiger partial charge in [-0.2, -0.15) is 15.8 Å². The molecule has 1 N–H and O–H groups in total. The Bertz CT molecular complexity index is 815. The Hall–Kier alpha value is -3.63. The highest BCUT2D eigenvalue weighted by atomic mass is 16.1. The molecule has 1 heterocycles. The molecule has 0 aliphatic rings. The Morgan fingerprint density at radius 2 is 1.95 bits per heavy atom. The monoisotopic (exact) mass is 276 g/mol. The van der Waals surface area contributed by atoms with Gasteiger partial charge in [0.15, 0.2) is 11.4 Å². The van der Waals surface area contributed by atoms with Gasteiger partial charge in [0.25, 0.3) is 0 Å². The van der Waals surface area contributed by atoms with E-state index in [0.29, 0.717) is 11.3 Å². The van der Waals surface area contributed by atoms with Gasteiger partial charge in [-0.05, 0) is 12.1 Å². The summed E-state index contributed by atoms with van der Waals surface area (Å²) in [7, 11) is 0. The number of carbonyl (C=O) groups is 1. The highest BCUT2D eigenvalue weighted by Crippen LogP contribution is 2.14. The lowest BCUT2D eigenvalue weighted by Gasteiger charge is -2.07. The number of carbonyl (C=O) groups excluding carboxylic acids is 1. The minimum atomic E-state index is -0.420. The van der Waals surface area contributed by atoms with E-state index in [2.05, 4.69) is 10.3 Å². The molecular weight excluding hydrogens is 268 g/mol. The van der Waals surface area contributed by atoms with Gasteiger partial charge in [0.2, 0.25) is 5.91 Å². The van der Waals surface area contributed by atoms with Crippen LogP contribution in [0.15, 0.2) is 30.6 Å². The summed E-state index contributed by atoms with van der Waals surface area (Å²) >= 11 is 0. The standard InChI is InChI=1S/C14H8N6O/c15-5-10-3-1-2-4-11(10)19-14(21)8-20-9-18-12(6-16)13(20)7-17/h1-4,9H,8H2,(H,19,21). The van der Waals surface area contributed by atoms with Crippen molar-refractivity contribution in [2.45, 2.75) is 6.54 Å². The van der Waals surface area contributed by atoms with Gasteiger partial charge in [-0.1, -0.05) is 12.1 Å². The van der Waals surface area contributed by atoms with Crippen LogP contribution in [0.5, 0.6) is 0 Å². The normalized spacial score (nSPS) is 9.19. The summed E-state index contributed by atoms with van der Waals surface area (Å²) in [5.74, 6) is -0.420. The number of anilines is 1. The fraction of sp³-hybridized carbons (Fsp3) is 0.0714. The van der Waals surface area contributed by atoms with Gasteiger partial charge in [0, 0.05) is 0 Å². The zero-order valence-electron chi connectivity index (χ0n) is 10.7. The summed E-state index contributed by atoms with van der Waals surface area (Å²) in [4.78, 5) is 15.7. The molecule has 0 atom stereocenters. The van der Waals surface area contributed by atoms with Crippen LogP contribution in [0.25, 0.3) is 0 Å². The number of benzene rings is 1.